The number of carbonyl (C=O) groups is 5. The predicted molar refractivity (Wildman–Crippen MR) is 169 cm³/mol. The normalized spacial score (nSPS) is 49.4. The molecule has 5 saturated heterocycles. The van der Waals surface area contributed by atoms with E-state index in [1.54, 1.807) is 0 Å². The van der Waals surface area contributed by atoms with Gasteiger partial charge in [-0.1, -0.05) is 0 Å². The zero-order valence-corrected chi connectivity index (χ0v) is 30.3. The summed E-state index contributed by atoms with van der Waals surface area (Å²) in [4.78, 5) is 59.9. The first-order valence-electron chi connectivity index (χ1n) is 17.6. The van der Waals surface area contributed by atoms with E-state index in [1.165, 1.54) is 0 Å². The van der Waals surface area contributed by atoms with E-state index < -0.39 is 183 Å². The van der Waals surface area contributed by atoms with Crippen LogP contribution in [-0.2, 0) is 66.6 Å². The van der Waals surface area contributed by atoms with Crippen molar-refractivity contribution in [1.29, 1.82) is 0 Å². The molecule has 0 saturated carbocycles. The lowest BCUT2D eigenvalue weighted by atomic mass is 9.95. The molecule has 31 heteroatoms. The maximum atomic E-state index is 12.3. The number of aliphatic carboxylic acids is 5. The Morgan fingerprint density at radius 2 is 0.508 bits per heavy atom. The van der Waals surface area contributed by atoms with Crippen molar-refractivity contribution in [1.82, 2.24) is 0 Å². The van der Waals surface area contributed by atoms with E-state index in [2.05, 4.69) is 4.74 Å². The molecule has 61 heavy (non-hydrogen) atoms. The van der Waals surface area contributed by atoms with Gasteiger partial charge >= 0.3 is 29.8 Å². The van der Waals surface area contributed by atoms with Crippen molar-refractivity contribution in [3.05, 3.63) is 0 Å². The molecule has 5 fully saturated rings. The van der Waals surface area contributed by atoms with Crippen molar-refractivity contribution in [2.45, 2.75) is 154 Å². The summed E-state index contributed by atoms with van der Waals surface area (Å²) in [6.07, 6.45) is -59.6. The lowest BCUT2D eigenvalue weighted by molar-refractivity contribution is -0.383. The zero-order chi connectivity index (χ0) is 45.7. The average Bonchev–Trinajstić information content (AvgIpc) is 3.18. The van der Waals surface area contributed by atoms with Crippen molar-refractivity contribution < 1.29 is 153 Å². The van der Waals surface area contributed by atoms with E-state index in [4.69, 9.17) is 37.9 Å². The maximum Gasteiger partial charge on any atom is 0.335 e. The molecule has 31 nitrogen and oxygen atoms in total. The molecule has 0 radical (unpaired) electrons. The Kier molecular flexibility index (Phi) is 15.2. The standard InChI is InChI=1S/C30H42O31/c31-1-2(32)16(21(42)43)58-27(8(1)38)55-13-4(34)10(40)29(60-18(13)23(46)47)57-15-6(36)11(41)30(61-20(15)25(50)51)56-14-5(35)9(39)28(59-19(14)24(48)49)54-12-3(33)7(37)26(52)53-17(12)22(44)45/h1-20,26-41,52H,(H,42,43)(H,44,45)(H,46,47)(H,48,49)(H,50,51)/t1-,2+,3+,4+,5+,6+,7?,8?,9?,10?,11?,12+,13+,14+,15+,16?,17?,18?,19?,20?,26+,27+,28+,29+,30+/m0/s1. The highest BCUT2D eigenvalue weighted by Gasteiger charge is 2.59. The molecule has 0 aromatic carbocycles. The number of ether oxygens (including phenoxy) is 9. The van der Waals surface area contributed by atoms with Gasteiger partial charge in [0.05, 0.1) is 0 Å². The van der Waals surface area contributed by atoms with Crippen LogP contribution in [0.2, 0.25) is 0 Å². The van der Waals surface area contributed by atoms with Gasteiger partial charge in [-0.3, -0.25) is 0 Å². The minimum atomic E-state index is -2.56. The molecule has 10 unspecified atom stereocenters. The Hall–Kier alpha value is -3.49. The van der Waals surface area contributed by atoms with E-state index in [9.17, 15) is 111 Å². The van der Waals surface area contributed by atoms with Crippen LogP contribution in [0.15, 0.2) is 0 Å². The SMILES string of the molecule is O=C(O)C1O[C@@H](O[C@H]2C(C(=O)O)O[C@@H](O[C@H]3C(C(=O)O)O[C@@H](O[C@H]4C(C(=O)O)O[C@@H](O[C@H]5C(C(=O)O)O[C@@H](O)C(O)[C@H]5O)C(O)[C@H]4O)C(O)[C@H]3O)C(O)[C@H]2O)C(O)[C@@H](O)[C@H]1O. The molecular formula is C30H42O31. The van der Waals surface area contributed by atoms with Crippen LogP contribution in [0.3, 0.4) is 0 Å². The van der Waals surface area contributed by atoms with Crippen LogP contribution >= 0.6 is 0 Å². The summed E-state index contributed by atoms with van der Waals surface area (Å²) >= 11 is 0. The number of rotatable bonds is 13. The summed E-state index contributed by atoms with van der Waals surface area (Å²) in [7, 11) is 0. The van der Waals surface area contributed by atoms with Gasteiger partial charge < -0.3 is 129 Å². The molecule has 0 aromatic rings. The van der Waals surface area contributed by atoms with Crippen LogP contribution in [0, 0.1) is 0 Å². The molecule has 5 rings (SSSR count). The number of aliphatic hydroxyl groups is 12. The highest BCUT2D eigenvalue weighted by molar-refractivity contribution is 5.75. The number of aliphatic hydroxyl groups excluding tert-OH is 12. The molecule has 0 amide bonds. The summed E-state index contributed by atoms with van der Waals surface area (Å²) in [5.41, 5.74) is 0. The van der Waals surface area contributed by atoms with E-state index in [-0.39, 0.29) is 0 Å². The molecule has 5 aliphatic rings. The second-order valence-electron chi connectivity index (χ2n) is 14.1. The van der Waals surface area contributed by atoms with Crippen molar-refractivity contribution in [3.63, 3.8) is 0 Å². The molecule has 0 spiro atoms. The second kappa shape index (κ2) is 19.1. The molecule has 348 valence electrons. The quantitative estimate of drug-likeness (QED) is 0.0816. The van der Waals surface area contributed by atoms with Gasteiger partial charge in [0.1, 0.15) is 91.6 Å². The van der Waals surface area contributed by atoms with E-state index in [1.807, 2.05) is 0 Å². The summed E-state index contributed by atoms with van der Waals surface area (Å²) in [6, 6.07) is 0. The van der Waals surface area contributed by atoms with Crippen LogP contribution in [0.5, 0.6) is 0 Å². The Morgan fingerprint density at radius 3 is 0.787 bits per heavy atom. The minimum Gasteiger partial charge on any atom is -0.479 e. The van der Waals surface area contributed by atoms with Crippen molar-refractivity contribution in [2.24, 2.45) is 0 Å². The van der Waals surface area contributed by atoms with Crippen molar-refractivity contribution in [3.8, 4) is 0 Å². The molecule has 25 atom stereocenters. The van der Waals surface area contributed by atoms with Crippen LogP contribution in [0.25, 0.3) is 0 Å². The number of hydrogen-bond acceptors (Lipinski definition) is 26. The molecule has 0 aliphatic carbocycles. The Bertz CT molecular complexity index is 1600. The molecule has 5 heterocycles. The average molecular weight is 899 g/mol. The highest BCUT2D eigenvalue weighted by atomic mass is 16.8. The monoisotopic (exact) mass is 898 g/mol. The predicted octanol–water partition coefficient (Wildman–Crippen LogP) is -11.5. The van der Waals surface area contributed by atoms with Gasteiger partial charge in [-0.25, -0.2) is 24.0 Å². The third kappa shape index (κ3) is 9.56. The van der Waals surface area contributed by atoms with Gasteiger partial charge in [-0.15, -0.1) is 0 Å². The van der Waals surface area contributed by atoms with E-state index >= 15 is 0 Å². The number of hydrogen-bond donors (Lipinski definition) is 17. The highest BCUT2D eigenvalue weighted by Crippen LogP contribution is 2.36. The van der Waals surface area contributed by atoms with Crippen molar-refractivity contribution >= 4 is 29.8 Å². The largest absolute Gasteiger partial charge is 0.479 e. The Balaban J connectivity index is 1.30. The molecular weight excluding hydrogens is 856 g/mol. The second-order valence-corrected chi connectivity index (χ2v) is 14.1. The third-order valence-electron chi connectivity index (χ3n) is 10.1. The lowest BCUT2D eigenvalue weighted by Crippen LogP contribution is -2.69. The van der Waals surface area contributed by atoms with Gasteiger partial charge in [0, 0.05) is 0 Å². The zero-order valence-electron chi connectivity index (χ0n) is 30.3. The number of carboxylic acid groups (broad SMARTS) is 5. The minimum absolute atomic E-state index is 1.87. The summed E-state index contributed by atoms with van der Waals surface area (Å²) < 4.78 is 45.9. The van der Waals surface area contributed by atoms with E-state index in [0.29, 0.717) is 0 Å². The summed E-state index contributed by atoms with van der Waals surface area (Å²) in [5, 5.41) is 174. The topological polar surface area (TPSA) is 512 Å². The van der Waals surface area contributed by atoms with Crippen molar-refractivity contribution in [2.75, 3.05) is 0 Å². The molecule has 0 aromatic heterocycles. The molecule has 5 aliphatic heterocycles. The lowest BCUT2D eigenvalue weighted by Gasteiger charge is -2.48. The van der Waals surface area contributed by atoms with Crippen LogP contribution in [0.1, 0.15) is 0 Å². The fourth-order valence-corrected chi connectivity index (χ4v) is 6.88. The fraction of sp³-hybridized carbons (Fsp3) is 0.833. The molecule has 0 bridgehead atoms. The van der Waals surface area contributed by atoms with Gasteiger partial charge in [-0.05, 0) is 0 Å². The Labute approximate surface area is 337 Å². The first-order valence-corrected chi connectivity index (χ1v) is 17.6. The summed E-state index contributed by atoms with van der Waals surface area (Å²) in [5.74, 6) is -9.88. The Morgan fingerprint density at radius 1 is 0.279 bits per heavy atom. The smallest absolute Gasteiger partial charge is 0.335 e. The third-order valence-corrected chi connectivity index (χ3v) is 10.1. The molecule has 17 N–H and O–H groups in total. The first kappa shape index (κ1) is 48.5. The van der Waals surface area contributed by atoms with Gasteiger partial charge in [0.25, 0.3) is 0 Å². The van der Waals surface area contributed by atoms with Crippen LogP contribution in [-0.4, -0.2) is 270 Å². The van der Waals surface area contributed by atoms with Gasteiger partial charge in [-0.2, -0.15) is 0 Å². The van der Waals surface area contributed by atoms with Crippen LogP contribution < -0.4 is 0 Å². The van der Waals surface area contributed by atoms with Gasteiger partial charge in [0.2, 0.25) is 0 Å². The first-order chi connectivity index (χ1) is 28.4. The van der Waals surface area contributed by atoms with Gasteiger partial charge in [0.15, 0.2) is 62.0 Å². The maximum absolute atomic E-state index is 12.3. The summed E-state index contributed by atoms with van der Waals surface area (Å²) in [6.45, 7) is 0. The van der Waals surface area contributed by atoms with E-state index in [0.717, 1.165) is 0 Å². The fourth-order valence-electron chi connectivity index (χ4n) is 6.88. The number of carboxylic acids is 5. The van der Waals surface area contributed by atoms with Crippen LogP contribution in [0.4, 0.5) is 0 Å².